The molecule has 0 heterocycles. The number of hydrogen-bond acceptors (Lipinski definition) is 4. The molecule has 4 N–H and O–H groups in total. The fourth-order valence-corrected chi connectivity index (χ4v) is 0.328. The van der Waals surface area contributed by atoms with E-state index in [4.69, 9.17) is 16.1 Å². The van der Waals surface area contributed by atoms with E-state index in [2.05, 4.69) is 4.89 Å². The van der Waals surface area contributed by atoms with Crippen LogP contribution < -0.4 is 5.73 Å². The SMILES string of the molecule is NC(C=C[13CH2]OO)C(=O)O. The van der Waals surface area contributed by atoms with Crippen LogP contribution in [0, 0.1) is 0 Å². The first-order chi connectivity index (χ1) is 4.68. The minimum absolute atomic E-state index is 0.0546. The van der Waals surface area contributed by atoms with Crippen molar-refractivity contribution in [1.29, 1.82) is 0 Å². The van der Waals surface area contributed by atoms with Gasteiger partial charge in [0.1, 0.15) is 12.6 Å². The molecule has 0 aliphatic heterocycles. The maximum Gasteiger partial charge on any atom is 0.324 e. The quantitative estimate of drug-likeness (QED) is 0.215. The minimum atomic E-state index is -1.12. The molecule has 0 spiro atoms. The van der Waals surface area contributed by atoms with E-state index in [9.17, 15) is 4.79 Å². The van der Waals surface area contributed by atoms with Gasteiger partial charge in [0.15, 0.2) is 0 Å². The van der Waals surface area contributed by atoms with Gasteiger partial charge in [-0.15, -0.1) is 0 Å². The number of carboxylic acid groups (broad SMARTS) is 1. The van der Waals surface area contributed by atoms with E-state index in [1.807, 2.05) is 0 Å². The van der Waals surface area contributed by atoms with Gasteiger partial charge in [0.05, 0.1) is 0 Å². The van der Waals surface area contributed by atoms with E-state index in [0.717, 1.165) is 0 Å². The lowest BCUT2D eigenvalue weighted by molar-refractivity contribution is -0.231. The highest BCUT2D eigenvalue weighted by atomic mass is 17.1. The van der Waals surface area contributed by atoms with Gasteiger partial charge in [-0.1, -0.05) is 12.2 Å². The Labute approximate surface area is 57.6 Å². The molecule has 0 fully saturated rings. The predicted molar refractivity (Wildman–Crippen MR) is 33.3 cm³/mol. The Morgan fingerprint density at radius 1 is 1.80 bits per heavy atom. The molecule has 1 unspecified atom stereocenters. The van der Waals surface area contributed by atoms with Crippen LogP contribution in [0.3, 0.4) is 0 Å². The summed E-state index contributed by atoms with van der Waals surface area (Å²) in [4.78, 5) is 13.7. The van der Waals surface area contributed by atoms with E-state index >= 15 is 0 Å². The molecule has 0 aromatic rings. The molecule has 0 amide bonds. The third-order valence-electron chi connectivity index (χ3n) is 0.799. The Morgan fingerprint density at radius 2 is 2.40 bits per heavy atom. The molecule has 58 valence electrons. The van der Waals surface area contributed by atoms with Crippen LogP contribution >= 0.6 is 0 Å². The molecular formula is C5H9NO4. The number of rotatable bonds is 4. The second-order valence-corrected chi connectivity index (χ2v) is 1.59. The zero-order chi connectivity index (χ0) is 7.98. The molecule has 5 nitrogen and oxygen atoms in total. The molecule has 10 heavy (non-hydrogen) atoms. The van der Waals surface area contributed by atoms with Gasteiger partial charge in [-0.2, -0.15) is 0 Å². The highest BCUT2D eigenvalue weighted by molar-refractivity contribution is 5.75. The number of aliphatic carboxylic acids is 1. The van der Waals surface area contributed by atoms with E-state index in [1.54, 1.807) is 0 Å². The number of carboxylic acids is 1. The van der Waals surface area contributed by atoms with Crippen molar-refractivity contribution in [3.05, 3.63) is 12.2 Å². The molecule has 0 aromatic heterocycles. The topological polar surface area (TPSA) is 92.8 Å². The molecule has 0 rings (SSSR count). The lowest BCUT2D eigenvalue weighted by Crippen LogP contribution is -2.27. The van der Waals surface area contributed by atoms with Gasteiger partial charge < -0.3 is 10.8 Å². The van der Waals surface area contributed by atoms with Crippen LogP contribution in [0.4, 0.5) is 0 Å². The molecule has 1 atom stereocenters. The van der Waals surface area contributed by atoms with E-state index in [1.165, 1.54) is 12.2 Å². The summed E-state index contributed by atoms with van der Waals surface area (Å²) in [5, 5.41) is 16.0. The van der Waals surface area contributed by atoms with Crippen molar-refractivity contribution in [3.63, 3.8) is 0 Å². The van der Waals surface area contributed by atoms with E-state index in [0.29, 0.717) is 0 Å². The van der Waals surface area contributed by atoms with Crippen molar-refractivity contribution < 1.29 is 20.0 Å². The second-order valence-electron chi connectivity index (χ2n) is 1.59. The molecule has 5 heteroatoms. The first-order valence-electron chi connectivity index (χ1n) is 2.60. The Bertz CT molecular complexity index is 134. The van der Waals surface area contributed by atoms with E-state index < -0.39 is 12.0 Å². The molecule has 0 saturated heterocycles. The molecule has 0 radical (unpaired) electrons. The zero-order valence-electron chi connectivity index (χ0n) is 5.23. The minimum Gasteiger partial charge on any atom is -0.480 e. The normalized spacial score (nSPS) is 13.8. The van der Waals surface area contributed by atoms with Crippen molar-refractivity contribution in [1.82, 2.24) is 0 Å². The third kappa shape index (κ3) is 4.02. The highest BCUT2D eigenvalue weighted by Gasteiger charge is 2.04. The van der Waals surface area contributed by atoms with Crippen LogP contribution in [0.15, 0.2) is 12.2 Å². The van der Waals surface area contributed by atoms with Crippen LogP contribution in [0.25, 0.3) is 0 Å². The number of nitrogens with two attached hydrogens (primary N) is 1. The smallest absolute Gasteiger partial charge is 0.324 e. The van der Waals surface area contributed by atoms with E-state index in [-0.39, 0.29) is 6.61 Å². The lowest BCUT2D eigenvalue weighted by atomic mass is 10.3. The molecule has 0 bridgehead atoms. The second kappa shape index (κ2) is 4.92. The van der Waals surface area contributed by atoms with Gasteiger partial charge >= 0.3 is 5.97 Å². The van der Waals surface area contributed by atoms with Gasteiger partial charge in [-0.05, 0) is 0 Å². The van der Waals surface area contributed by atoms with Gasteiger partial charge in [-0.3, -0.25) is 10.1 Å². The van der Waals surface area contributed by atoms with Crippen molar-refractivity contribution in [2.24, 2.45) is 5.73 Å². The fraction of sp³-hybridized carbons (Fsp3) is 0.400. The summed E-state index contributed by atoms with van der Waals surface area (Å²) >= 11 is 0. The van der Waals surface area contributed by atoms with Crippen LogP contribution in [-0.2, 0) is 9.68 Å². The maximum absolute atomic E-state index is 10.0. The monoisotopic (exact) mass is 148 g/mol. The Morgan fingerprint density at radius 3 is 2.80 bits per heavy atom. The maximum atomic E-state index is 10.0. The van der Waals surface area contributed by atoms with Crippen molar-refractivity contribution >= 4 is 5.97 Å². The van der Waals surface area contributed by atoms with Gasteiger partial charge in [0, 0.05) is 0 Å². The Hall–Kier alpha value is -0.910. The number of carbonyl (C=O) groups is 1. The summed E-state index contributed by atoms with van der Waals surface area (Å²) in [6, 6.07) is -1.03. The van der Waals surface area contributed by atoms with Gasteiger partial charge in [0.25, 0.3) is 0 Å². The summed E-state index contributed by atoms with van der Waals surface area (Å²) < 4.78 is 0. The van der Waals surface area contributed by atoms with Gasteiger partial charge in [-0.25, -0.2) is 4.89 Å². The average Bonchev–Trinajstić information content (AvgIpc) is 1.88. The fourth-order valence-electron chi connectivity index (χ4n) is 0.328. The van der Waals surface area contributed by atoms with Crippen molar-refractivity contribution in [2.75, 3.05) is 6.61 Å². The molecule has 0 saturated carbocycles. The lowest BCUT2D eigenvalue weighted by Gasteiger charge is -1.95. The van der Waals surface area contributed by atoms with Crippen LogP contribution in [-0.4, -0.2) is 29.0 Å². The van der Waals surface area contributed by atoms with Crippen molar-refractivity contribution in [2.45, 2.75) is 6.04 Å². The molecule has 0 aliphatic rings. The van der Waals surface area contributed by atoms with Crippen LogP contribution in [0.1, 0.15) is 0 Å². The first kappa shape index (κ1) is 9.09. The van der Waals surface area contributed by atoms with Crippen molar-refractivity contribution in [3.8, 4) is 0 Å². The summed E-state index contributed by atoms with van der Waals surface area (Å²) in [6.07, 6.45) is 2.54. The zero-order valence-corrected chi connectivity index (χ0v) is 5.23. The van der Waals surface area contributed by atoms with Crippen LogP contribution in [0.2, 0.25) is 0 Å². The first-order valence-corrected chi connectivity index (χ1v) is 2.60. The largest absolute Gasteiger partial charge is 0.480 e. The number of hydrogen-bond donors (Lipinski definition) is 3. The Kier molecular flexibility index (Phi) is 4.47. The summed E-state index contributed by atoms with van der Waals surface area (Å²) in [5.41, 5.74) is 5.03. The molecule has 0 aliphatic carbocycles. The summed E-state index contributed by atoms with van der Waals surface area (Å²) in [5.74, 6) is -1.12. The third-order valence-corrected chi connectivity index (χ3v) is 0.799. The van der Waals surface area contributed by atoms with Crippen LogP contribution in [0.5, 0.6) is 0 Å². The summed E-state index contributed by atoms with van der Waals surface area (Å²) in [7, 11) is 0. The molecular weight excluding hydrogens is 139 g/mol. The summed E-state index contributed by atoms with van der Waals surface area (Å²) in [6.45, 7) is -0.0546. The standard InChI is InChI=1S/C5H9NO4/c6-4(5(7)8)2-1-3-10-9/h1-2,4,9H,3,6H2,(H,7,8)/i3+1. The molecule has 0 aromatic carbocycles. The average molecular weight is 148 g/mol. The van der Waals surface area contributed by atoms with Gasteiger partial charge in [0.2, 0.25) is 0 Å². The predicted octanol–water partition coefficient (Wildman–Crippen LogP) is -0.556. The highest BCUT2D eigenvalue weighted by Crippen LogP contribution is 1.81. The Balaban J connectivity index is 3.55.